The summed E-state index contributed by atoms with van der Waals surface area (Å²) in [7, 11) is 0. The molecule has 4 heteroatoms. The van der Waals surface area contributed by atoms with Gasteiger partial charge in [0.25, 0.3) is 5.91 Å². The van der Waals surface area contributed by atoms with Gasteiger partial charge in [0, 0.05) is 18.8 Å². The van der Waals surface area contributed by atoms with Gasteiger partial charge in [0.05, 0.1) is 12.2 Å². The van der Waals surface area contributed by atoms with Crippen LogP contribution >= 0.6 is 0 Å². The molecule has 0 aliphatic heterocycles. The topological polar surface area (TPSA) is 66.6 Å². The van der Waals surface area contributed by atoms with Gasteiger partial charge in [-0.25, -0.2) is 0 Å². The lowest BCUT2D eigenvalue weighted by Crippen LogP contribution is -2.34. The first-order valence-corrected chi connectivity index (χ1v) is 5.95. The van der Waals surface area contributed by atoms with Gasteiger partial charge in [0.15, 0.2) is 0 Å². The molecule has 17 heavy (non-hydrogen) atoms. The summed E-state index contributed by atoms with van der Waals surface area (Å²) >= 11 is 0. The van der Waals surface area contributed by atoms with Gasteiger partial charge in [-0.2, -0.15) is 0 Å². The van der Waals surface area contributed by atoms with Crippen LogP contribution in [0.15, 0.2) is 24.3 Å². The highest BCUT2D eigenvalue weighted by atomic mass is 16.3. The number of carbonyl (C=O) groups is 1. The Bertz CT molecular complexity index is 366. The Labute approximate surface area is 102 Å². The van der Waals surface area contributed by atoms with Crippen LogP contribution in [-0.4, -0.2) is 35.6 Å². The van der Waals surface area contributed by atoms with Crippen molar-refractivity contribution >= 4 is 11.6 Å². The molecule has 94 valence electrons. The van der Waals surface area contributed by atoms with Crippen molar-refractivity contribution in [2.24, 2.45) is 0 Å². The van der Waals surface area contributed by atoms with E-state index in [4.69, 9.17) is 10.8 Å². The molecule has 0 saturated heterocycles. The average Bonchev–Trinajstić information content (AvgIpc) is 2.34. The fraction of sp³-hybridized carbons (Fsp3) is 0.462. The highest BCUT2D eigenvalue weighted by Crippen LogP contribution is 2.13. The maximum Gasteiger partial charge on any atom is 0.256 e. The van der Waals surface area contributed by atoms with Crippen molar-refractivity contribution in [3.8, 4) is 0 Å². The molecule has 0 unspecified atom stereocenters. The molecule has 0 bridgehead atoms. The fourth-order valence-corrected chi connectivity index (χ4v) is 1.65. The van der Waals surface area contributed by atoms with Gasteiger partial charge in [-0.15, -0.1) is 0 Å². The molecule has 1 aromatic carbocycles. The Balaban J connectivity index is 2.80. The molecule has 4 nitrogen and oxygen atoms in total. The van der Waals surface area contributed by atoms with Crippen LogP contribution in [0.5, 0.6) is 0 Å². The molecule has 1 rings (SSSR count). The van der Waals surface area contributed by atoms with Crippen LogP contribution in [0.4, 0.5) is 5.69 Å². The Morgan fingerprint density at radius 1 is 1.35 bits per heavy atom. The van der Waals surface area contributed by atoms with Gasteiger partial charge in [-0.05, 0) is 18.6 Å². The SMILES string of the molecule is CCCCN(CCO)C(=O)c1ccccc1N. The quantitative estimate of drug-likeness (QED) is 0.736. The summed E-state index contributed by atoms with van der Waals surface area (Å²) in [6, 6.07) is 7.02. The summed E-state index contributed by atoms with van der Waals surface area (Å²) in [4.78, 5) is 13.8. The molecule has 0 saturated carbocycles. The number of hydrogen-bond donors (Lipinski definition) is 2. The van der Waals surface area contributed by atoms with E-state index in [2.05, 4.69) is 6.92 Å². The van der Waals surface area contributed by atoms with Crippen molar-refractivity contribution in [3.05, 3.63) is 29.8 Å². The zero-order valence-corrected chi connectivity index (χ0v) is 10.2. The van der Waals surface area contributed by atoms with Gasteiger partial charge in [0.2, 0.25) is 0 Å². The number of amides is 1. The second-order valence-corrected chi connectivity index (χ2v) is 3.96. The standard InChI is InChI=1S/C13H20N2O2/c1-2-3-8-15(9-10-16)13(17)11-6-4-5-7-12(11)14/h4-7,16H,2-3,8-10,14H2,1H3. The first-order chi connectivity index (χ1) is 8.20. The Hall–Kier alpha value is -1.55. The summed E-state index contributed by atoms with van der Waals surface area (Å²) in [5.74, 6) is -0.106. The molecule has 0 radical (unpaired) electrons. The average molecular weight is 236 g/mol. The third-order valence-corrected chi connectivity index (χ3v) is 2.63. The Morgan fingerprint density at radius 2 is 2.06 bits per heavy atom. The van der Waals surface area contributed by atoms with Crippen molar-refractivity contribution in [2.45, 2.75) is 19.8 Å². The second-order valence-electron chi connectivity index (χ2n) is 3.96. The first-order valence-electron chi connectivity index (χ1n) is 5.95. The molecule has 0 aliphatic carbocycles. The number of rotatable bonds is 6. The van der Waals surface area contributed by atoms with Crippen molar-refractivity contribution in [1.29, 1.82) is 0 Å². The number of benzene rings is 1. The second kappa shape index (κ2) is 6.91. The van der Waals surface area contributed by atoms with Gasteiger partial charge in [-0.1, -0.05) is 25.5 Å². The summed E-state index contributed by atoms with van der Waals surface area (Å²) < 4.78 is 0. The van der Waals surface area contributed by atoms with E-state index in [1.165, 1.54) is 0 Å². The normalized spacial score (nSPS) is 10.2. The van der Waals surface area contributed by atoms with Crippen molar-refractivity contribution < 1.29 is 9.90 Å². The third kappa shape index (κ3) is 3.75. The van der Waals surface area contributed by atoms with Crippen LogP contribution in [0.3, 0.4) is 0 Å². The number of anilines is 1. The van der Waals surface area contributed by atoms with Gasteiger partial charge < -0.3 is 15.7 Å². The Kier molecular flexibility index (Phi) is 5.49. The summed E-state index contributed by atoms with van der Waals surface area (Å²) in [5.41, 5.74) is 6.77. The van der Waals surface area contributed by atoms with Crippen LogP contribution in [-0.2, 0) is 0 Å². The number of para-hydroxylation sites is 1. The van der Waals surface area contributed by atoms with E-state index in [9.17, 15) is 4.79 Å². The third-order valence-electron chi connectivity index (χ3n) is 2.63. The number of nitrogen functional groups attached to an aromatic ring is 1. The summed E-state index contributed by atoms with van der Waals surface area (Å²) in [6.07, 6.45) is 1.94. The van der Waals surface area contributed by atoms with E-state index < -0.39 is 0 Å². The monoisotopic (exact) mass is 236 g/mol. The lowest BCUT2D eigenvalue weighted by Gasteiger charge is -2.22. The summed E-state index contributed by atoms with van der Waals surface area (Å²) in [6.45, 7) is 3.05. The minimum absolute atomic E-state index is 0.0256. The van der Waals surface area contributed by atoms with Crippen molar-refractivity contribution in [3.63, 3.8) is 0 Å². The molecule has 0 aliphatic rings. The van der Waals surface area contributed by atoms with Crippen LogP contribution in [0, 0.1) is 0 Å². The van der Waals surface area contributed by atoms with Gasteiger partial charge in [0.1, 0.15) is 0 Å². The first kappa shape index (κ1) is 13.5. The molecule has 1 amide bonds. The molecular formula is C13H20N2O2. The predicted molar refractivity (Wildman–Crippen MR) is 68.8 cm³/mol. The molecular weight excluding hydrogens is 216 g/mol. The molecule has 3 N–H and O–H groups in total. The van der Waals surface area contributed by atoms with Crippen molar-refractivity contribution in [1.82, 2.24) is 4.90 Å². The number of carbonyl (C=O) groups excluding carboxylic acids is 1. The highest BCUT2D eigenvalue weighted by Gasteiger charge is 2.16. The largest absolute Gasteiger partial charge is 0.398 e. The zero-order chi connectivity index (χ0) is 12.7. The van der Waals surface area contributed by atoms with E-state index >= 15 is 0 Å². The van der Waals surface area contributed by atoms with Crippen LogP contribution < -0.4 is 5.73 Å². The highest BCUT2D eigenvalue weighted by molar-refractivity contribution is 5.99. The molecule has 0 atom stereocenters. The maximum absolute atomic E-state index is 12.2. The van der Waals surface area contributed by atoms with Crippen LogP contribution in [0.25, 0.3) is 0 Å². The van der Waals surface area contributed by atoms with E-state index in [0.29, 0.717) is 24.3 Å². The number of nitrogens with zero attached hydrogens (tertiary/aromatic N) is 1. The summed E-state index contributed by atoms with van der Waals surface area (Å²) in [5, 5.41) is 8.98. The van der Waals surface area contributed by atoms with Crippen LogP contribution in [0.2, 0.25) is 0 Å². The predicted octanol–water partition coefficient (Wildman–Crippen LogP) is 1.50. The van der Waals surface area contributed by atoms with E-state index in [0.717, 1.165) is 12.8 Å². The number of nitrogens with two attached hydrogens (primary N) is 1. The minimum atomic E-state index is -0.106. The van der Waals surface area contributed by atoms with Crippen LogP contribution in [0.1, 0.15) is 30.1 Å². The number of aliphatic hydroxyl groups is 1. The molecule has 0 fully saturated rings. The maximum atomic E-state index is 12.2. The van der Waals surface area contributed by atoms with E-state index in [1.54, 1.807) is 29.2 Å². The smallest absolute Gasteiger partial charge is 0.256 e. The minimum Gasteiger partial charge on any atom is -0.398 e. The number of aliphatic hydroxyl groups excluding tert-OH is 1. The number of unbranched alkanes of at least 4 members (excludes halogenated alkanes) is 1. The lowest BCUT2D eigenvalue weighted by atomic mass is 10.1. The van der Waals surface area contributed by atoms with E-state index in [-0.39, 0.29) is 12.5 Å². The molecule has 0 aromatic heterocycles. The fourth-order valence-electron chi connectivity index (χ4n) is 1.65. The molecule has 0 spiro atoms. The zero-order valence-electron chi connectivity index (χ0n) is 10.2. The molecule has 1 aromatic rings. The van der Waals surface area contributed by atoms with Gasteiger partial charge in [-0.3, -0.25) is 4.79 Å². The lowest BCUT2D eigenvalue weighted by molar-refractivity contribution is 0.0720. The Morgan fingerprint density at radius 3 is 2.65 bits per heavy atom. The van der Waals surface area contributed by atoms with Gasteiger partial charge >= 0.3 is 0 Å². The molecule has 0 heterocycles. The van der Waals surface area contributed by atoms with Crippen molar-refractivity contribution in [2.75, 3.05) is 25.4 Å². The number of hydrogen-bond acceptors (Lipinski definition) is 3. The van der Waals surface area contributed by atoms with E-state index in [1.807, 2.05) is 0 Å².